The number of nitrogens with one attached hydrogen (secondary N) is 1. The molecule has 0 spiro atoms. The Morgan fingerprint density at radius 3 is 3.00 bits per heavy atom. The van der Waals surface area contributed by atoms with E-state index in [1.807, 2.05) is 11.8 Å². The van der Waals surface area contributed by atoms with Gasteiger partial charge in [-0.1, -0.05) is 6.92 Å². The summed E-state index contributed by atoms with van der Waals surface area (Å²) in [5.74, 6) is 0.741. The first-order valence-electron chi connectivity index (χ1n) is 4.72. The third-order valence-electron chi connectivity index (χ3n) is 2.31. The number of hydrogen-bond donors (Lipinski definition) is 1. The van der Waals surface area contributed by atoms with Crippen LogP contribution < -0.4 is 5.32 Å². The van der Waals surface area contributed by atoms with Crippen LogP contribution in [0.2, 0.25) is 0 Å². The quantitative estimate of drug-likeness (QED) is 0.770. The van der Waals surface area contributed by atoms with Crippen LogP contribution in [-0.4, -0.2) is 22.5 Å². The highest BCUT2D eigenvalue weighted by Crippen LogP contribution is 2.24. The highest BCUT2D eigenvalue weighted by Gasteiger charge is 2.19. The Morgan fingerprint density at radius 2 is 2.43 bits per heavy atom. The lowest BCUT2D eigenvalue weighted by atomic mass is 10.2. The molecular formula is C10H13FN2S. The number of aromatic nitrogens is 1. The van der Waals surface area contributed by atoms with Crippen molar-refractivity contribution in [3.05, 3.63) is 29.8 Å². The molecule has 2 nitrogen and oxygen atoms in total. The van der Waals surface area contributed by atoms with E-state index in [0.717, 1.165) is 18.0 Å². The summed E-state index contributed by atoms with van der Waals surface area (Å²) in [6, 6.07) is 3.49. The highest BCUT2D eigenvalue weighted by molar-refractivity contribution is 8.00. The Balaban J connectivity index is 2.05. The second kappa shape index (κ2) is 4.28. The molecule has 2 atom stereocenters. The molecule has 0 amide bonds. The summed E-state index contributed by atoms with van der Waals surface area (Å²) in [7, 11) is 0. The maximum Gasteiger partial charge on any atom is 0.141 e. The monoisotopic (exact) mass is 212 g/mol. The van der Waals surface area contributed by atoms with E-state index < -0.39 is 0 Å². The molecule has 0 bridgehead atoms. The van der Waals surface area contributed by atoms with Crippen molar-refractivity contribution in [3.63, 3.8) is 0 Å². The van der Waals surface area contributed by atoms with Gasteiger partial charge in [-0.3, -0.25) is 4.98 Å². The zero-order valence-electron chi connectivity index (χ0n) is 8.03. The number of thioether (sulfide) groups is 1. The van der Waals surface area contributed by atoms with Crippen molar-refractivity contribution >= 4 is 11.8 Å². The molecule has 1 aliphatic rings. The maximum absolute atomic E-state index is 12.6. The Hall–Kier alpha value is -0.610. The van der Waals surface area contributed by atoms with Crippen LogP contribution in [0.25, 0.3) is 0 Å². The topological polar surface area (TPSA) is 24.9 Å². The number of nitrogens with zero attached hydrogens (tertiary/aromatic N) is 1. The van der Waals surface area contributed by atoms with Gasteiger partial charge in [0.25, 0.3) is 0 Å². The zero-order chi connectivity index (χ0) is 9.97. The minimum Gasteiger partial charge on any atom is -0.307 e. The molecule has 14 heavy (non-hydrogen) atoms. The predicted octanol–water partition coefficient (Wildman–Crippen LogP) is 1.99. The lowest BCUT2D eigenvalue weighted by Gasteiger charge is -2.26. The molecule has 2 heterocycles. The summed E-state index contributed by atoms with van der Waals surface area (Å²) in [5, 5.41) is 4.06. The lowest BCUT2D eigenvalue weighted by Crippen LogP contribution is -2.35. The maximum atomic E-state index is 12.6. The number of hydrogen-bond acceptors (Lipinski definition) is 3. The second-order valence-corrected chi connectivity index (χ2v) is 4.98. The Morgan fingerprint density at radius 1 is 1.57 bits per heavy atom. The molecule has 2 unspecified atom stereocenters. The zero-order valence-corrected chi connectivity index (χ0v) is 8.85. The minimum atomic E-state index is -0.273. The Labute approximate surface area is 87.3 Å². The van der Waals surface area contributed by atoms with Crippen molar-refractivity contribution in [2.45, 2.75) is 18.2 Å². The lowest BCUT2D eigenvalue weighted by molar-refractivity contribution is 0.546. The van der Waals surface area contributed by atoms with Gasteiger partial charge in [0.05, 0.1) is 17.9 Å². The summed E-state index contributed by atoms with van der Waals surface area (Å²) in [6.07, 6.45) is 1.28. The van der Waals surface area contributed by atoms with Crippen molar-refractivity contribution in [3.8, 4) is 0 Å². The predicted molar refractivity (Wildman–Crippen MR) is 56.9 cm³/mol. The third-order valence-corrected chi connectivity index (χ3v) is 3.57. The first-order valence-corrected chi connectivity index (χ1v) is 5.77. The molecule has 1 aromatic heterocycles. The van der Waals surface area contributed by atoms with Crippen molar-refractivity contribution in [1.82, 2.24) is 10.3 Å². The van der Waals surface area contributed by atoms with Gasteiger partial charge < -0.3 is 5.32 Å². The molecule has 1 aromatic rings. The summed E-state index contributed by atoms with van der Waals surface area (Å²) in [4.78, 5) is 4.08. The molecule has 2 rings (SSSR count). The molecular weight excluding hydrogens is 199 g/mol. The fourth-order valence-corrected chi connectivity index (χ4v) is 2.49. The van der Waals surface area contributed by atoms with Gasteiger partial charge in [0.1, 0.15) is 5.82 Å². The second-order valence-electron chi connectivity index (χ2n) is 3.51. The smallest absolute Gasteiger partial charge is 0.141 e. The Kier molecular flexibility index (Phi) is 3.03. The van der Waals surface area contributed by atoms with Crippen molar-refractivity contribution in [2.24, 2.45) is 0 Å². The fourth-order valence-electron chi connectivity index (χ4n) is 1.47. The Bertz CT molecular complexity index is 293. The van der Waals surface area contributed by atoms with Crippen molar-refractivity contribution in [1.29, 1.82) is 0 Å². The molecule has 0 aliphatic carbocycles. The van der Waals surface area contributed by atoms with Crippen LogP contribution >= 0.6 is 11.8 Å². The van der Waals surface area contributed by atoms with E-state index in [9.17, 15) is 4.39 Å². The number of rotatable bonds is 1. The molecule has 1 fully saturated rings. The molecule has 76 valence electrons. The third kappa shape index (κ3) is 2.25. The molecule has 4 heteroatoms. The van der Waals surface area contributed by atoms with Gasteiger partial charge in [-0.2, -0.15) is 11.8 Å². The summed E-state index contributed by atoms with van der Waals surface area (Å²) in [5.41, 5.74) is 0.936. The van der Waals surface area contributed by atoms with Crippen LogP contribution in [-0.2, 0) is 0 Å². The van der Waals surface area contributed by atoms with E-state index in [-0.39, 0.29) is 11.9 Å². The summed E-state index contributed by atoms with van der Waals surface area (Å²) >= 11 is 1.93. The van der Waals surface area contributed by atoms with E-state index in [1.165, 1.54) is 12.3 Å². The van der Waals surface area contributed by atoms with E-state index >= 15 is 0 Å². The molecule has 1 aliphatic heterocycles. The van der Waals surface area contributed by atoms with Crippen LogP contribution in [0.4, 0.5) is 4.39 Å². The first-order chi connectivity index (χ1) is 6.75. The average molecular weight is 212 g/mol. The van der Waals surface area contributed by atoms with E-state index in [4.69, 9.17) is 0 Å². The molecule has 0 radical (unpaired) electrons. The molecule has 0 saturated carbocycles. The summed E-state index contributed by atoms with van der Waals surface area (Å²) < 4.78 is 12.6. The van der Waals surface area contributed by atoms with Crippen LogP contribution in [0.15, 0.2) is 18.3 Å². The van der Waals surface area contributed by atoms with Crippen LogP contribution in [0, 0.1) is 5.82 Å². The van der Waals surface area contributed by atoms with Crippen LogP contribution in [0.1, 0.15) is 18.7 Å². The van der Waals surface area contributed by atoms with Gasteiger partial charge in [-0.25, -0.2) is 4.39 Å². The molecule has 0 aromatic carbocycles. The highest BCUT2D eigenvalue weighted by atomic mass is 32.2. The van der Waals surface area contributed by atoms with E-state index in [2.05, 4.69) is 17.2 Å². The van der Waals surface area contributed by atoms with E-state index in [0.29, 0.717) is 5.25 Å². The number of halogens is 1. The van der Waals surface area contributed by atoms with Gasteiger partial charge >= 0.3 is 0 Å². The fraction of sp³-hybridized carbons (Fsp3) is 0.500. The van der Waals surface area contributed by atoms with Gasteiger partial charge in [0.2, 0.25) is 0 Å². The minimum absolute atomic E-state index is 0.273. The number of pyridine rings is 1. The van der Waals surface area contributed by atoms with Crippen LogP contribution in [0.5, 0.6) is 0 Å². The molecule has 1 N–H and O–H groups in total. The van der Waals surface area contributed by atoms with Gasteiger partial charge in [-0.05, 0) is 12.1 Å². The standard InChI is InChI=1S/C10H13FN2S/c1-7-4-12-10(6-14-7)9-3-2-8(11)5-13-9/h2-3,5,7,10,12H,4,6H2,1H3. The normalized spacial score (nSPS) is 27.6. The van der Waals surface area contributed by atoms with Crippen molar-refractivity contribution < 1.29 is 4.39 Å². The van der Waals surface area contributed by atoms with Gasteiger partial charge in [0.15, 0.2) is 0 Å². The van der Waals surface area contributed by atoms with Crippen LogP contribution in [0.3, 0.4) is 0 Å². The van der Waals surface area contributed by atoms with E-state index in [1.54, 1.807) is 6.07 Å². The van der Waals surface area contributed by atoms with Gasteiger partial charge in [-0.15, -0.1) is 0 Å². The average Bonchev–Trinajstić information content (AvgIpc) is 2.21. The SMILES string of the molecule is CC1CNC(c2ccc(F)cn2)CS1. The largest absolute Gasteiger partial charge is 0.307 e. The van der Waals surface area contributed by atoms with Crippen molar-refractivity contribution in [2.75, 3.05) is 12.3 Å². The molecule has 1 saturated heterocycles. The first kappa shape index (κ1) is 9.93. The summed E-state index contributed by atoms with van der Waals surface area (Å²) in [6.45, 7) is 3.19. The van der Waals surface area contributed by atoms with Gasteiger partial charge in [0, 0.05) is 17.5 Å².